The number of hydrogen-bond donors (Lipinski definition) is 2. The second-order valence-electron chi connectivity index (χ2n) is 12.1. The van der Waals surface area contributed by atoms with Crippen LogP contribution in [0, 0.1) is 17.8 Å². The van der Waals surface area contributed by atoms with Crippen LogP contribution >= 0.6 is 0 Å². The largest absolute Gasteiger partial charge is 0.480 e. The third-order valence-electron chi connectivity index (χ3n) is 6.24. The Morgan fingerprint density at radius 3 is 1.95 bits per heavy atom. The molecule has 0 aliphatic rings. The normalized spacial score (nSPS) is 13.2. The first-order valence-corrected chi connectivity index (χ1v) is 13.9. The van der Waals surface area contributed by atoms with E-state index in [1.807, 2.05) is 89.2 Å². The molecule has 0 aromatic heterocycles. The number of carboxylic acid groups (broad SMARTS) is 1. The average molecular weight is 539 g/mol. The number of ether oxygens (including phenoxy) is 1. The van der Waals surface area contributed by atoms with Crippen molar-refractivity contribution in [1.29, 1.82) is 0 Å². The van der Waals surface area contributed by atoms with Gasteiger partial charge in [-0.05, 0) is 55.7 Å². The second-order valence-corrected chi connectivity index (χ2v) is 12.1. The van der Waals surface area contributed by atoms with Crippen LogP contribution in [0.1, 0.15) is 66.9 Å². The van der Waals surface area contributed by atoms with E-state index in [9.17, 15) is 19.5 Å². The maximum absolute atomic E-state index is 13.4. The summed E-state index contributed by atoms with van der Waals surface area (Å²) in [4.78, 5) is 40.1. The summed E-state index contributed by atoms with van der Waals surface area (Å²) in [6.07, 6.45) is 1.55. The minimum Gasteiger partial charge on any atom is -0.480 e. The van der Waals surface area contributed by atoms with Crippen LogP contribution in [0.2, 0.25) is 0 Å². The van der Waals surface area contributed by atoms with Crippen molar-refractivity contribution in [2.24, 2.45) is 17.8 Å². The lowest BCUT2D eigenvalue weighted by Crippen LogP contribution is -2.51. The van der Waals surface area contributed by atoms with E-state index in [1.165, 1.54) is 0 Å². The number of nitrogens with zero attached hydrogens (tertiary/aromatic N) is 1. The van der Waals surface area contributed by atoms with E-state index < -0.39 is 29.6 Å². The standard InChI is InChI=1S/C32H46N2O5/c1-22(2)13-16-27(30(37)39-32(5,6)7)21-34(20-23(3)4)31(38)33-28(29(35)36)19-24-14-17-26(18-15-24)25-11-9-8-10-12-25/h8-12,14-15,17-18,22-23,27-28H,13,16,19-21H2,1-7H3,(H,33,38)(H,35,36)/t27?,28-/m0/s1. The molecular formula is C32H46N2O5. The van der Waals surface area contributed by atoms with E-state index in [0.717, 1.165) is 23.1 Å². The lowest BCUT2D eigenvalue weighted by Gasteiger charge is -2.31. The fourth-order valence-electron chi connectivity index (χ4n) is 4.29. The summed E-state index contributed by atoms with van der Waals surface area (Å²) in [6.45, 7) is 14.2. The van der Waals surface area contributed by atoms with Gasteiger partial charge < -0.3 is 20.1 Å². The van der Waals surface area contributed by atoms with Crippen LogP contribution in [0.4, 0.5) is 4.79 Å². The number of carbonyl (C=O) groups is 3. The number of hydrogen-bond acceptors (Lipinski definition) is 4. The van der Waals surface area contributed by atoms with Gasteiger partial charge in [-0.15, -0.1) is 0 Å². The SMILES string of the molecule is CC(C)CCC(CN(CC(C)C)C(=O)N[C@@H](Cc1ccc(-c2ccccc2)cc1)C(=O)O)C(=O)OC(C)(C)C. The third kappa shape index (κ3) is 11.5. The van der Waals surface area contributed by atoms with Gasteiger partial charge in [0.15, 0.2) is 0 Å². The molecule has 2 aromatic rings. The molecule has 2 aromatic carbocycles. The lowest BCUT2D eigenvalue weighted by molar-refractivity contribution is -0.160. The molecule has 0 fully saturated rings. The lowest BCUT2D eigenvalue weighted by atomic mass is 9.96. The van der Waals surface area contributed by atoms with Gasteiger partial charge in [0.1, 0.15) is 11.6 Å². The van der Waals surface area contributed by atoms with Gasteiger partial charge >= 0.3 is 18.0 Å². The molecule has 0 saturated carbocycles. The van der Waals surface area contributed by atoms with Crippen molar-refractivity contribution >= 4 is 18.0 Å². The van der Waals surface area contributed by atoms with Gasteiger partial charge in [-0.3, -0.25) is 4.79 Å². The first kappa shape index (κ1) is 31.9. The number of carboxylic acids is 1. The van der Waals surface area contributed by atoms with Crippen LogP contribution in [0.25, 0.3) is 11.1 Å². The molecule has 0 bridgehead atoms. The Hall–Kier alpha value is -3.35. The highest BCUT2D eigenvalue weighted by Crippen LogP contribution is 2.21. The zero-order valence-corrected chi connectivity index (χ0v) is 24.6. The van der Waals surface area contributed by atoms with Crippen LogP contribution in [0.3, 0.4) is 0 Å². The molecule has 39 heavy (non-hydrogen) atoms. The summed E-state index contributed by atoms with van der Waals surface area (Å²) >= 11 is 0. The van der Waals surface area contributed by atoms with Crippen molar-refractivity contribution in [3.63, 3.8) is 0 Å². The Bertz CT molecular complexity index is 1060. The molecule has 2 atom stereocenters. The summed E-state index contributed by atoms with van der Waals surface area (Å²) in [6, 6.07) is 16.0. The van der Waals surface area contributed by atoms with Crippen molar-refractivity contribution in [3.8, 4) is 11.1 Å². The molecule has 2 amide bonds. The molecule has 2 N–H and O–H groups in total. The Kier molecular flexibility index (Phi) is 12.0. The summed E-state index contributed by atoms with van der Waals surface area (Å²) in [7, 11) is 0. The number of rotatable bonds is 13. The maximum atomic E-state index is 13.4. The molecule has 0 aliphatic carbocycles. The van der Waals surface area contributed by atoms with E-state index in [-0.39, 0.29) is 24.9 Å². The highest BCUT2D eigenvalue weighted by molar-refractivity contribution is 5.83. The van der Waals surface area contributed by atoms with Crippen molar-refractivity contribution in [1.82, 2.24) is 10.2 Å². The number of nitrogens with one attached hydrogen (secondary N) is 1. The molecule has 0 saturated heterocycles. The van der Waals surface area contributed by atoms with E-state index >= 15 is 0 Å². The predicted octanol–water partition coefficient (Wildman–Crippen LogP) is 6.41. The molecule has 214 valence electrons. The smallest absolute Gasteiger partial charge is 0.326 e. The third-order valence-corrected chi connectivity index (χ3v) is 6.24. The summed E-state index contributed by atoms with van der Waals surface area (Å²) in [5.74, 6) is -1.41. The van der Waals surface area contributed by atoms with Gasteiger partial charge in [0.05, 0.1) is 5.92 Å². The molecule has 7 nitrogen and oxygen atoms in total. The highest BCUT2D eigenvalue weighted by atomic mass is 16.6. The van der Waals surface area contributed by atoms with Gasteiger partial charge in [0.2, 0.25) is 0 Å². The van der Waals surface area contributed by atoms with Gasteiger partial charge in [0, 0.05) is 19.5 Å². The fourth-order valence-corrected chi connectivity index (χ4v) is 4.29. The highest BCUT2D eigenvalue weighted by Gasteiger charge is 2.31. The van der Waals surface area contributed by atoms with Crippen molar-refractivity contribution in [3.05, 3.63) is 60.2 Å². The predicted molar refractivity (Wildman–Crippen MR) is 155 cm³/mol. The van der Waals surface area contributed by atoms with E-state index in [2.05, 4.69) is 19.2 Å². The molecule has 0 heterocycles. The van der Waals surface area contributed by atoms with Crippen LogP contribution < -0.4 is 5.32 Å². The molecule has 2 rings (SSSR count). The Labute approximate surface area is 233 Å². The van der Waals surface area contributed by atoms with Crippen molar-refractivity contribution in [2.75, 3.05) is 13.1 Å². The zero-order valence-electron chi connectivity index (χ0n) is 24.6. The molecule has 7 heteroatoms. The minimum atomic E-state index is -1.11. The average Bonchev–Trinajstić information content (AvgIpc) is 2.84. The Morgan fingerprint density at radius 2 is 1.44 bits per heavy atom. The molecular weight excluding hydrogens is 492 g/mol. The van der Waals surface area contributed by atoms with Crippen LogP contribution in [0.5, 0.6) is 0 Å². The Balaban J connectivity index is 2.17. The van der Waals surface area contributed by atoms with E-state index in [0.29, 0.717) is 18.9 Å². The monoisotopic (exact) mass is 538 g/mol. The quantitative estimate of drug-likeness (QED) is 0.287. The topological polar surface area (TPSA) is 95.9 Å². The van der Waals surface area contributed by atoms with Gasteiger partial charge in [-0.1, -0.05) is 88.7 Å². The number of amides is 2. The molecule has 0 aliphatic heterocycles. The fraction of sp³-hybridized carbons (Fsp3) is 0.531. The minimum absolute atomic E-state index is 0.133. The van der Waals surface area contributed by atoms with Crippen LogP contribution in [0.15, 0.2) is 54.6 Å². The van der Waals surface area contributed by atoms with Crippen LogP contribution in [-0.4, -0.2) is 52.7 Å². The first-order chi connectivity index (χ1) is 18.2. The number of carbonyl (C=O) groups excluding carboxylic acids is 2. The van der Waals surface area contributed by atoms with Gasteiger partial charge in [-0.25, -0.2) is 9.59 Å². The molecule has 0 radical (unpaired) electrons. The van der Waals surface area contributed by atoms with E-state index in [4.69, 9.17) is 4.74 Å². The number of urea groups is 1. The molecule has 0 spiro atoms. The molecule has 1 unspecified atom stereocenters. The maximum Gasteiger partial charge on any atom is 0.326 e. The van der Waals surface area contributed by atoms with Crippen molar-refractivity contribution < 1.29 is 24.2 Å². The summed E-state index contributed by atoms with van der Waals surface area (Å²) in [5.41, 5.74) is 2.28. The summed E-state index contributed by atoms with van der Waals surface area (Å²) < 4.78 is 5.67. The van der Waals surface area contributed by atoms with E-state index in [1.54, 1.807) is 4.90 Å². The number of benzene rings is 2. The summed E-state index contributed by atoms with van der Waals surface area (Å²) in [5, 5.41) is 12.6. The first-order valence-electron chi connectivity index (χ1n) is 13.9. The van der Waals surface area contributed by atoms with Gasteiger partial charge in [-0.2, -0.15) is 0 Å². The second kappa shape index (κ2) is 14.7. The van der Waals surface area contributed by atoms with Crippen molar-refractivity contribution in [2.45, 2.75) is 79.4 Å². The number of esters is 1. The van der Waals surface area contributed by atoms with Gasteiger partial charge in [0.25, 0.3) is 0 Å². The zero-order chi connectivity index (χ0) is 29.2. The Morgan fingerprint density at radius 1 is 0.846 bits per heavy atom. The number of aliphatic carboxylic acids is 1. The van der Waals surface area contributed by atoms with Crippen LogP contribution in [-0.2, 0) is 20.7 Å².